The molecule has 1 aliphatic carbocycles. The number of fused-ring (bicyclic) bond motifs is 3. The van der Waals surface area contributed by atoms with E-state index in [2.05, 4.69) is 4.98 Å². The minimum absolute atomic E-state index is 0.270. The maximum Gasteiger partial charge on any atom is 0.336 e. The fraction of sp³-hybridized carbons (Fsp3) is 0.280. The van der Waals surface area contributed by atoms with Crippen molar-refractivity contribution >= 4 is 39.4 Å². The number of carbonyl (C=O) groups is 1. The lowest BCUT2D eigenvalue weighted by Crippen LogP contribution is -2.41. The van der Waals surface area contributed by atoms with Crippen LogP contribution in [0.2, 0.25) is 5.02 Å². The molecule has 4 aromatic rings. The summed E-state index contributed by atoms with van der Waals surface area (Å²) in [5.41, 5.74) is 0.410. The van der Waals surface area contributed by atoms with Gasteiger partial charge in [0.1, 0.15) is 11.3 Å². The zero-order valence-electron chi connectivity index (χ0n) is 18.4. The van der Waals surface area contributed by atoms with E-state index in [1.807, 2.05) is 6.07 Å². The smallest absolute Gasteiger partial charge is 0.336 e. The predicted octanol–water partition coefficient (Wildman–Crippen LogP) is 4.18. The number of carboxylic acid groups (broad SMARTS) is 1. The fourth-order valence-corrected chi connectivity index (χ4v) is 5.12. The summed E-state index contributed by atoms with van der Waals surface area (Å²) < 4.78 is 8.21. The van der Waals surface area contributed by atoms with E-state index in [-0.39, 0.29) is 6.04 Å². The van der Waals surface area contributed by atoms with Crippen LogP contribution in [0.4, 0.5) is 0 Å². The number of methoxy groups -OCH3 is 1. The first-order chi connectivity index (χ1) is 16.4. The molecule has 1 saturated carbocycles. The van der Waals surface area contributed by atoms with Gasteiger partial charge in [0.25, 0.3) is 5.56 Å². The van der Waals surface area contributed by atoms with Crippen LogP contribution < -0.4 is 16.0 Å². The van der Waals surface area contributed by atoms with Gasteiger partial charge in [-0.3, -0.25) is 19.1 Å². The number of carboxylic acids is 1. The van der Waals surface area contributed by atoms with E-state index in [1.54, 1.807) is 41.0 Å². The van der Waals surface area contributed by atoms with Gasteiger partial charge in [-0.15, -0.1) is 0 Å². The molecule has 0 radical (unpaired) electrons. The zero-order chi connectivity index (χ0) is 24.0. The first-order valence-electron chi connectivity index (χ1n) is 11.0. The molecule has 34 heavy (non-hydrogen) atoms. The van der Waals surface area contributed by atoms with Crippen molar-refractivity contribution in [2.45, 2.75) is 31.7 Å². The SMILES string of the molecule is COc1cccc2c1ncc1c(=O)n(-c3cccc(Cl)c3)c(=O)n([C@H]3CC[C@H](C(=O)O)CC3)c12. The lowest BCUT2D eigenvalue weighted by atomic mass is 9.86. The molecule has 0 amide bonds. The van der Waals surface area contributed by atoms with E-state index in [4.69, 9.17) is 16.3 Å². The number of benzene rings is 2. The average Bonchev–Trinajstić information content (AvgIpc) is 2.84. The molecule has 1 fully saturated rings. The molecule has 5 rings (SSSR count). The first kappa shape index (κ1) is 22.2. The Kier molecular flexibility index (Phi) is 5.61. The van der Waals surface area contributed by atoms with Crippen LogP contribution in [0.1, 0.15) is 31.7 Å². The van der Waals surface area contributed by atoms with Crippen molar-refractivity contribution < 1.29 is 14.6 Å². The van der Waals surface area contributed by atoms with Crippen molar-refractivity contribution in [2.24, 2.45) is 5.92 Å². The van der Waals surface area contributed by atoms with Crippen LogP contribution >= 0.6 is 11.6 Å². The lowest BCUT2D eigenvalue weighted by molar-refractivity contribution is -0.143. The monoisotopic (exact) mass is 479 g/mol. The molecule has 2 aromatic heterocycles. The first-order valence-corrected chi connectivity index (χ1v) is 11.4. The van der Waals surface area contributed by atoms with E-state index >= 15 is 0 Å². The average molecular weight is 480 g/mol. The molecule has 1 aliphatic rings. The summed E-state index contributed by atoms with van der Waals surface area (Å²) in [5.74, 6) is -0.721. The molecule has 1 N–H and O–H groups in total. The second kappa shape index (κ2) is 8.61. The summed E-state index contributed by atoms with van der Waals surface area (Å²) in [7, 11) is 1.54. The number of aromatic nitrogens is 3. The van der Waals surface area contributed by atoms with Crippen molar-refractivity contribution in [3.05, 3.63) is 74.5 Å². The number of pyridine rings is 1. The highest BCUT2D eigenvalue weighted by Crippen LogP contribution is 2.35. The van der Waals surface area contributed by atoms with Crippen molar-refractivity contribution in [1.29, 1.82) is 0 Å². The predicted molar refractivity (Wildman–Crippen MR) is 129 cm³/mol. The third-order valence-electron chi connectivity index (χ3n) is 6.60. The highest BCUT2D eigenvalue weighted by molar-refractivity contribution is 6.30. The molecular formula is C25H22ClN3O5. The number of ether oxygens (including phenoxy) is 1. The molecule has 9 heteroatoms. The number of aliphatic carboxylic acids is 1. The van der Waals surface area contributed by atoms with Gasteiger partial charge in [0.2, 0.25) is 0 Å². The Morgan fingerprint density at radius 3 is 2.50 bits per heavy atom. The summed E-state index contributed by atoms with van der Waals surface area (Å²) in [6, 6.07) is 11.7. The molecule has 0 spiro atoms. The van der Waals surface area contributed by atoms with Gasteiger partial charge in [0, 0.05) is 22.6 Å². The van der Waals surface area contributed by atoms with Gasteiger partial charge < -0.3 is 9.84 Å². The van der Waals surface area contributed by atoms with Crippen LogP contribution in [0, 0.1) is 5.92 Å². The normalized spacial score (nSPS) is 18.3. The summed E-state index contributed by atoms with van der Waals surface area (Å²) >= 11 is 6.16. The van der Waals surface area contributed by atoms with Crippen molar-refractivity contribution in [3.63, 3.8) is 0 Å². The van der Waals surface area contributed by atoms with E-state index in [0.29, 0.717) is 63.9 Å². The molecule has 0 aliphatic heterocycles. The second-order valence-corrected chi connectivity index (χ2v) is 8.93. The summed E-state index contributed by atoms with van der Waals surface area (Å²) in [6.45, 7) is 0. The van der Waals surface area contributed by atoms with Crippen LogP contribution in [0.25, 0.3) is 27.5 Å². The second-order valence-electron chi connectivity index (χ2n) is 8.49. The van der Waals surface area contributed by atoms with Crippen LogP contribution in [0.5, 0.6) is 5.75 Å². The molecule has 8 nitrogen and oxygen atoms in total. The molecule has 0 unspecified atom stereocenters. The number of para-hydroxylation sites is 1. The van der Waals surface area contributed by atoms with E-state index < -0.39 is 23.1 Å². The zero-order valence-corrected chi connectivity index (χ0v) is 19.2. The molecular weight excluding hydrogens is 458 g/mol. The maximum atomic E-state index is 13.9. The van der Waals surface area contributed by atoms with Crippen LogP contribution in [0.3, 0.4) is 0 Å². The number of hydrogen-bond donors (Lipinski definition) is 1. The van der Waals surface area contributed by atoms with Gasteiger partial charge in [0.05, 0.1) is 29.6 Å². The molecule has 0 atom stereocenters. The third kappa shape index (κ3) is 3.54. The molecule has 0 bridgehead atoms. The van der Waals surface area contributed by atoms with Crippen molar-refractivity contribution in [3.8, 4) is 11.4 Å². The van der Waals surface area contributed by atoms with Crippen molar-refractivity contribution in [1.82, 2.24) is 14.1 Å². The van der Waals surface area contributed by atoms with Gasteiger partial charge in [-0.25, -0.2) is 9.36 Å². The quantitative estimate of drug-likeness (QED) is 0.440. The Morgan fingerprint density at radius 2 is 1.82 bits per heavy atom. The van der Waals surface area contributed by atoms with E-state index in [0.717, 1.165) is 4.57 Å². The van der Waals surface area contributed by atoms with Crippen LogP contribution in [-0.2, 0) is 4.79 Å². The minimum atomic E-state index is -0.820. The number of hydrogen-bond acceptors (Lipinski definition) is 5. The van der Waals surface area contributed by atoms with Crippen LogP contribution in [0.15, 0.2) is 58.3 Å². The molecule has 2 heterocycles. The van der Waals surface area contributed by atoms with Gasteiger partial charge >= 0.3 is 11.7 Å². The number of nitrogens with zero attached hydrogens (tertiary/aromatic N) is 3. The Balaban J connectivity index is 1.86. The van der Waals surface area contributed by atoms with E-state index in [1.165, 1.54) is 13.3 Å². The molecule has 2 aromatic carbocycles. The van der Waals surface area contributed by atoms with Gasteiger partial charge in [-0.2, -0.15) is 0 Å². The third-order valence-corrected chi connectivity index (χ3v) is 6.84. The van der Waals surface area contributed by atoms with Gasteiger partial charge in [-0.1, -0.05) is 29.8 Å². The summed E-state index contributed by atoms with van der Waals surface area (Å²) in [5, 5.41) is 10.8. The van der Waals surface area contributed by atoms with Gasteiger partial charge in [0.15, 0.2) is 0 Å². The highest BCUT2D eigenvalue weighted by Gasteiger charge is 2.30. The Morgan fingerprint density at radius 1 is 1.09 bits per heavy atom. The Bertz CT molecular complexity index is 1550. The summed E-state index contributed by atoms with van der Waals surface area (Å²) in [4.78, 5) is 43.5. The Hall–Kier alpha value is -3.65. The van der Waals surface area contributed by atoms with E-state index in [9.17, 15) is 19.5 Å². The maximum absolute atomic E-state index is 13.9. The Labute approximate surface area is 199 Å². The summed E-state index contributed by atoms with van der Waals surface area (Å²) in [6.07, 6.45) is 3.40. The molecule has 0 saturated heterocycles. The fourth-order valence-electron chi connectivity index (χ4n) is 4.94. The standard InChI is InChI=1S/C25H22ClN3O5/c1-34-20-7-3-6-18-21(20)27-13-19-22(18)28(16-10-8-14(9-11-16)24(31)32)25(33)29(23(19)30)17-5-2-4-15(26)12-17/h2-7,12-14,16H,8-11H2,1H3,(H,31,32)/t14-,16-. The topological polar surface area (TPSA) is 103 Å². The lowest BCUT2D eigenvalue weighted by Gasteiger charge is -2.29. The van der Waals surface area contributed by atoms with Crippen molar-refractivity contribution in [2.75, 3.05) is 7.11 Å². The highest BCUT2D eigenvalue weighted by atomic mass is 35.5. The minimum Gasteiger partial charge on any atom is -0.494 e. The number of rotatable bonds is 4. The van der Waals surface area contributed by atoms with Crippen LogP contribution in [-0.4, -0.2) is 32.3 Å². The molecule has 174 valence electrons. The van der Waals surface area contributed by atoms with Gasteiger partial charge in [-0.05, 0) is 49.9 Å². The largest absolute Gasteiger partial charge is 0.494 e. The number of halogens is 1.